The van der Waals surface area contributed by atoms with E-state index in [1.165, 1.54) is 6.07 Å². The molecule has 0 amide bonds. The smallest absolute Gasteiger partial charge is 0.126 e. The van der Waals surface area contributed by atoms with Crippen LogP contribution in [0.5, 0.6) is 0 Å². The van der Waals surface area contributed by atoms with Crippen LogP contribution in [0.2, 0.25) is 5.02 Å². The van der Waals surface area contributed by atoms with Crippen molar-refractivity contribution >= 4 is 11.6 Å². The minimum absolute atomic E-state index is 0.162. The predicted octanol–water partition coefficient (Wildman–Crippen LogP) is 3.41. The van der Waals surface area contributed by atoms with E-state index in [0.29, 0.717) is 16.6 Å². The van der Waals surface area contributed by atoms with Gasteiger partial charge in [-0.1, -0.05) is 18.5 Å². The van der Waals surface area contributed by atoms with E-state index in [1.54, 1.807) is 12.1 Å². The van der Waals surface area contributed by atoms with E-state index in [1.807, 2.05) is 7.05 Å². The van der Waals surface area contributed by atoms with Crippen LogP contribution in [0.15, 0.2) is 18.2 Å². The molecular formula is C12H17ClFN. The third-order valence-electron chi connectivity index (χ3n) is 2.67. The molecule has 0 spiro atoms. The first kappa shape index (κ1) is 12.5. The highest BCUT2D eigenvalue weighted by Crippen LogP contribution is 2.17. The van der Waals surface area contributed by atoms with Crippen molar-refractivity contribution in [1.82, 2.24) is 5.32 Å². The van der Waals surface area contributed by atoms with E-state index in [2.05, 4.69) is 12.2 Å². The summed E-state index contributed by atoms with van der Waals surface area (Å²) in [5.41, 5.74) is 0.705. The van der Waals surface area contributed by atoms with Crippen molar-refractivity contribution in [2.75, 3.05) is 7.05 Å². The van der Waals surface area contributed by atoms with E-state index in [-0.39, 0.29) is 5.82 Å². The average molecular weight is 230 g/mol. The number of benzene rings is 1. The number of hydrogen-bond donors (Lipinski definition) is 1. The minimum atomic E-state index is -0.162. The van der Waals surface area contributed by atoms with E-state index >= 15 is 0 Å². The Kier molecular flexibility index (Phi) is 5.06. The first-order valence-electron chi connectivity index (χ1n) is 5.28. The quantitative estimate of drug-likeness (QED) is 0.816. The fourth-order valence-corrected chi connectivity index (χ4v) is 1.81. The lowest BCUT2D eigenvalue weighted by Crippen LogP contribution is -2.24. The summed E-state index contributed by atoms with van der Waals surface area (Å²) in [6, 6.07) is 5.16. The zero-order valence-corrected chi connectivity index (χ0v) is 9.94. The summed E-state index contributed by atoms with van der Waals surface area (Å²) in [5, 5.41) is 3.80. The van der Waals surface area contributed by atoms with E-state index < -0.39 is 0 Å². The van der Waals surface area contributed by atoms with Crippen molar-refractivity contribution < 1.29 is 4.39 Å². The number of aryl methyl sites for hydroxylation is 1. The van der Waals surface area contributed by atoms with Gasteiger partial charge in [0.25, 0.3) is 0 Å². The molecule has 0 bridgehead atoms. The molecule has 15 heavy (non-hydrogen) atoms. The summed E-state index contributed by atoms with van der Waals surface area (Å²) < 4.78 is 13.3. The van der Waals surface area contributed by atoms with Gasteiger partial charge in [-0.05, 0) is 50.1 Å². The van der Waals surface area contributed by atoms with Crippen molar-refractivity contribution in [1.29, 1.82) is 0 Å². The maximum absolute atomic E-state index is 13.3. The molecule has 0 heterocycles. The minimum Gasteiger partial charge on any atom is -0.317 e. The predicted molar refractivity (Wildman–Crippen MR) is 62.9 cm³/mol. The SMILES string of the molecule is CCC(CCc1cc(Cl)ccc1F)NC. The number of hydrogen-bond acceptors (Lipinski definition) is 1. The third-order valence-corrected chi connectivity index (χ3v) is 2.91. The standard InChI is InChI=1S/C12H17ClFN/c1-3-11(15-2)6-4-9-8-10(13)5-7-12(9)14/h5,7-8,11,15H,3-4,6H2,1-2H3. The largest absolute Gasteiger partial charge is 0.317 e. The van der Waals surface area contributed by atoms with Crippen LogP contribution in [0.1, 0.15) is 25.3 Å². The zero-order chi connectivity index (χ0) is 11.3. The second-order valence-corrected chi connectivity index (χ2v) is 4.10. The van der Waals surface area contributed by atoms with Crippen LogP contribution in [-0.4, -0.2) is 13.1 Å². The highest BCUT2D eigenvalue weighted by atomic mass is 35.5. The topological polar surface area (TPSA) is 12.0 Å². The van der Waals surface area contributed by atoms with Gasteiger partial charge in [-0.25, -0.2) is 4.39 Å². The van der Waals surface area contributed by atoms with E-state index in [4.69, 9.17) is 11.6 Å². The summed E-state index contributed by atoms with van der Waals surface area (Å²) in [4.78, 5) is 0. The van der Waals surface area contributed by atoms with Gasteiger partial charge < -0.3 is 5.32 Å². The van der Waals surface area contributed by atoms with Crippen LogP contribution in [0.4, 0.5) is 4.39 Å². The molecule has 0 radical (unpaired) electrons. The Morgan fingerprint density at radius 2 is 2.20 bits per heavy atom. The Morgan fingerprint density at radius 1 is 1.47 bits per heavy atom. The Balaban J connectivity index is 2.60. The molecule has 1 N–H and O–H groups in total. The highest BCUT2D eigenvalue weighted by Gasteiger charge is 2.07. The van der Waals surface area contributed by atoms with Gasteiger partial charge in [0.05, 0.1) is 0 Å². The molecule has 0 saturated carbocycles. The molecule has 0 aliphatic rings. The zero-order valence-electron chi connectivity index (χ0n) is 9.19. The van der Waals surface area contributed by atoms with Crippen molar-refractivity contribution in [3.05, 3.63) is 34.6 Å². The normalized spacial score (nSPS) is 12.8. The molecule has 0 fully saturated rings. The maximum Gasteiger partial charge on any atom is 0.126 e. The van der Waals surface area contributed by atoms with E-state index in [9.17, 15) is 4.39 Å². The molecule has 0 aliphatic carbocycles. The molecule has 0 aliphatic heterocycles. The lowest BCUT2D eigenvalue weighted by atomic mass is 10.0. The van der Waals surface area contributed by atoms with Crippen LogP contribution < -0.4 is 5.32 Å². The lowest BCUT2D eigenvalue weighted by molar-refractivity contribution is 0.501. The highest BCUT2D eigenvalue weighted by molar-refractivity contribution is 6.30. The Morgan fingerprint density at radius 3 is 2.80 bits per heavy atom. The second-order valence-electron chi connectivity index (χ2n) is 3.67. The maximum atomic E-state index is 13.3. The molecule has 1 unspecified atom stereocenters. The summed E-state index contributed by atoms with van der Waals surface area (Å²) in [6.45, 7) is 2.12. The van der Waals surface area contributed by atoms with Crippen LogP contribution in [-0.2, 0) is 6.42 Å². The molecular weight excluding hydrogens is 213 g/mol. The van der Waals surface area contributed by atoms with Gasteiger partial charge in [0, 0.05) is 11.1 Å². The molecule has 1 atom stereocenters. The van der Waals surface area contributed by atoms with Gasteiger partial charge >= 0.3 is 0 Å². The molecule has 1 aromatic carbocycles. The Hall–Kier alpha value is -0.600. The summed E-state index contributed by atoms with van der Waals surface area (Å²) in [6.07, 6.45) is 2.72. The van der Waals surface area contributed by atoms with Gasteiger partial charge in [-0.15, -0.1) is 0 Å². The number of nitrogens with one attached hydrogen (secondary N) is 1. The van der Waals surface area contributed by atoms with Crippen molar-refractivity contribution in [3.8, 4) is 0 Å². The third kappa shape index (κ3) is 3.80. The molecule has 1 aromatic rings. The van der Waals surface area contributed by atoms with Crippen molar-refractivity contribution in [2.24, 2.45) is 0 Å². The lowest BCUT2D eigenvalue weighted by Gasteiger charge is -2.13. The van der Waals surface area contributed by atoms with Gasteiger partial charge in [0.15, 0.2) is 0 Å². The first-order valence-corrected chi connectivity index (χ1v) is 5.66. The van der Waals surface area contributed by atoms with Gasteiger partial charge in [0.1, 0.15) is 5.82 Å². The second kappa shape index (κ2) is 6.09. The first-order chi connectivity index (χ1) is 7.17. The fraction of sp³-hybridized carbons (Fsp3) is 0.500. The fourth-order valence-electron chi connectivity index (χ4n) is 1.62. The Bertz CT molecular complexity index is 310. The van der Waals surface area contributed by atoms with E-state index in [0.717, 1.165) is 19.3 Å². The molecule has 1 nitrogen and oxygen atoms in total. The number of halogens is 2. The summed E-state index contributed by atoms with van der Waals surface area (Å²) >= 11 is 5.82. The summed E-state index contributed by atoms with van der Waals surface area (Å²) in [5.74, 6) is -0.162. The van der Waals surface area contributed by atoms with Gasteiger partial charge in [0.2, 0.25) is 0 Å². The summed E-state index contributed by atoms with van der Waals surface area (Å²) in [7, 11) is 1.93. The van der Waals surface area contributed by atoms with Crippen LogP contribution in [0, 0.1) is 5.82 Å². The van der Waals surface area contributed by atoms with Crippen molar-refractivity contribution in [3.63, 3.8) is 0 Å². The van der Waals surface area contributed by atoms with Gasteiger partial charge in [-0.2, -0.15) is 0 Å². The molecule has 84 valence electrons. The molecule has 0 aromatic heterocycles. The van der Waals surface area contributed by atoms with Crippen LogP contribution in [0.25, 0.3) is 0 Å². The van der Waals surface area contributed by atoms with Crippen molar-refractivity contribution in [2.45, 2.75) is 32.2 Å². The van der Waals surface area contributed by atoms with Crippen LogP contribution in [0.3, 0.4) is 0 Å². The molecule has 3 heteroatoms. The Labute approximate surface area is 95.6 Å². The van der Waals surface area contributed by atoms with Gasteiger partial charge in [-0.3, -0.25) is 0 Å². The van der Waals surface area contributed by atoms with Crippen LogP contribution >= 0.6 is 11.6 Å². The molecule has 1 rings (SSSR count). The average Bonchev–Trinajstić information content (AvgIpc) is 2.24. The number of rotatable bonds is 5. The monoisotopic (exact) mass is 229 g/mol. The molecule has 0 saturated heterocycles.